The molecule has 0 fully saturated rings. The average molecular weight is 313 g/mol. The largest absolute Gasteiger partial charge is 0.352 e. The molecule has 120 valence electrons. The molecule has 4 heteroatoms. The lowest BCUT2D eigenvalue weighted by Gasteiger charge is -2.27. The van der Waals surface area contributed by atoms with E-state index in [0.29, 0.717) is 0 Å². The quantitative estimate of drug-likeness (QED) is 0.872. The summed E-state index contributed by atoms with van der Waals surface area (Å²) in [6.07, 6.45) is 2.03. The Labute approximate surface area is 135 Å². The van der Waals surface area contributed by atoms with Crippen LogP contribution in [0, 0.1) is 5.41 Å². The number of amides is 1. The van der Waals surface area contributed by atoms with E-state index in [1.165, 1.54) is 0 Å². The molecule has 21 heavy (non-hydrogen) atoms. The molecule has 3 nitrogen and oxygen atoms in total. The summed E-state index contributed by atoms with van der Waals surface area (Å²) in [7, 11) is 0. The Balaban J connectivity index is 0.00000400. The molecule has 1 aromatic rings. The van der Waals surface area contributed by atoms with Crippen molar-refractivity contribution in [2.75, 3.05) is 0 Å². The highest BCUT2D eigenvalue weighted by Crippen LogP contribution is 2.22. The van der Waals surface area contributed by atoms with Crippen molar-refractivity contribution in [1.82, 2.24) is 5.32 Å². The molecule has 0 saturated carbocycles. The maximum Gasteiger partial charge on any atom is 0.244 e. The molecule has 3 N–H and O–H groups in total. The summed E-state index contributed by atoms with van der Waals surface area (Å²) < 4.78 is 0. The molecule has 0 aliphatic carbocycles. The Hall–Kier alpha value is -1.06. The monoisotopic (exact) mass is 312 g/mol. The molecule has 2 unspecified atom stereocenters. The molecule has 1 amide bonds. The third-order valence-electron chi connectivity index (χ3n) is 3.55. The minimum Gasteiger partial charge on any atom is -0.352 e. The van der Waals surface area contributed by atoms with Crippen LogP contribution in [-0.4, -0.2) is 11.9 Å². The molecular formula is C17H29ClN2O. The minimum absolute atomic E-state index is 0. The molecule has 0 spiro atoms. The predicted molar refractivity (Wildman–Crippen MR) is 91.5 cm³/mol. The summed E-state index contributed by atoms with van der Waals surface area (Å²) in [5.74, 6) is -0.120. The second kappa shape index (κ2) is 7.81. The first-order valence-electron chi connectivity index (χ1n) is 7.28. The molecule has 0 saturated heterocycles. The SMILES string of the molecule is CC(CCC(C)(C)C)NC(=O)C(C)(N)c1ccccc1.Cl. The van der Waals surface area contributed by atoms with Gasteiger partial charge < -0.3 is 11.1 Å². The fourth-order valence-electron chi connectivity index (χ4n) is 2.01. The highest BCUT2D eigenvalue weighted by atomic mass is 35.5. The summed E-state index contributed by atoms with van der Waals surface area (Å²) >= 11 is 0. The van der Waals surface area contributed by atoms with Crippen LogP contribution in [0.15, 0.2) is 30.3 Å². The lowest BCUT2D eigenvalue weighted by molar-refractivity contribution is -0.126. The fourth-order valence-corrected chi connectivity index (χ4v) is 2.01. The molecule has 0 aliphatic heterocycles. The van der Waals surface area contributed by atoms with Crippen LogP contribution in [0.3, 0.4) is 0 Å². The molecule has 2 atom stereocenters. The van der Waals surface area contributed by atoms with E-state index in [2.05, 4.69) is 26.1 Å². The van der Waals surface area contributed by atoms with E-state index >= 15 is 0 Å². The van der Waals surface area contributed by atoms with E-state index in [4.69, 9.17) is 5.73 Å². The maximum atomic E-state index is 12.4. The van der Waals surface area contributed by atoms with Gasteiger partial charge in [0.05, 0.1) is 0 Å². The van der Waals surface area contributed by atoms with Crippen LogP contribution in [0.25, 0.3) is 0 Å². The van der Waals surface area contributed by atoms with Gasteiger partial charge in [-0.1, -0.05) is 51.1 Å². The predicted octanol–water partition coefficient (Wildman–Crippen LogP) is 3.61. The topological polar surface area (TPSA) is 55.1 Å². The smallest absolute Gasteiger partial charge is 0.244 e. The lowest BCUT2D eigenvalue weighted by atomic mass is 9.88. The Bertz CT molecular complexity index is 438. The van der Waals surface area contributed by atoms with Gasteiger partial charge >= 0.3 is 0 Å². The zero-order chi connectivity index (χ0) is 15.4. The van der Waals surface area contributed by atoms with E-state index < -0.39 is 5.54 Å². The van der Waals surface area contributed by atoms with Gasteiger partial charge in [-0.15, -0.1) is 12.4 Å². The van der Waals surface area contributed by atoms with E-state index in [1.807, 2.05) is 37.3 Å². The summed E-state index contributed by atoms with van der Waals surface area (Å²) in [4.78, 5) is 12.4. The zero-order valence-corrected chi connectivity index (χ0v) is 14.6. The molecule has 0 bridgehead atoms. The van der Waals surface area contributed by atoms with Crippen molar-refractivity contribution in [1.29, 1.82) is 0 Å². The van der Waals surface area contributed by atoms with Crippen molar-refractivity contribution in [3.63, 3.8) is 0 Å². The fraction of sp³-hybridized carbons (Fsp3) is 0.588. The first-order valence-corrected chi connectivity index (χ1v) is 7.28. The Kier molecular flexibility index (Phi) is 7.41. The number of rotatable bonds is 5. The van der Waals surface area contributed by atoms with Gasteiger partial charge in [0, 0.05) is 6.04 Å². The summed E-state index contributed by atoms with van der Waals surface area (Å²) in [6, 6.07) is 9.63. The molecule has 1 rings (SSSR count). The van der Waals surface area contributed by atoms with Gasteiger partial charge in [0.2, 0.25) is 5.91 Å². The van der Waals surface area contributed by atoms with Gasteiger partial charge in [-0.25, -0.2) is 0 Å². The highest BCUT2D eigenvalue weighted by molar-refractivity contribution is 5.87. The van der Waals surface area contributed by atoms with E-state index in [0.717, 1.165) is 18.4 Å². The van der Waals surface area contributed by atoms with Gasteiger partial charge in [-0.3, -0.25) is 4.79 Å². The number of halogens is 1. The van der Waals surface area contributed by atoms with Crippen LogP contribution in [0.1, 0.15) is 53.0 Å². The van der Waals surface area contributed by atoms with Gasteiger partial charge in [-0.05, 0) is 37.7 Å². The average Bonchev–Trinajstić information content (AvgIpc) is 2.36. The molecule has 1 aromatic carbocycles. The van der Waals surface area contributed by atoms with E-state index in [9.17, 15) is 4.79 Å². The molecule has 0 radical (unpaired) electrons. The number of benzene rings is 1. The lowest BCUT2D eigenvalue weighted by Crippen LogP contribution is -2.51. The second-order valence-corrected chi connectivity index (χ2v) is 7.04. The molecule has 0 aliphatic rings. The Morgan fingerprint density at radius 1 is 1.19 bits per heavy atom. The van der Waals surface area contributed by atoms with Crippen molar-refractivity contribution in [3.8, 4) is 0 Å². The van der Waals surface area contributed by atoms with Crippen LogP contribution in [0.4, 0.5) is 0 Å². The standard InChI is InChI=1S/C17H28N2O.ClH/c1-13(11-12-16(2,3)4)19-15(20)17(5,18)14-9-7-6-8-10-14;/h6-10,13H,11-12,18H2,1-5H3,(H,19,20);1H. The molecule has 0 heterocycles. The van der Waals surface area contributed by atoms with Crippen molar-refractivity contribution >= 4 is 18.3 Å². The van der Waals surface area contributed by atoms with Crippen LogP contribution < -0.4 is 11.1 Å². The number of nitrogens with two attached hydrogens (primary N) is 1. The number of hydrogen-bond donors (Lipinski definition) is 2. The van der Waals surface area contributed by atoms with Crippen molar-refractivity contribution < 1.29 is 4.79 Å². The van der Waals surface area contributed by atoms with Crippen LogP contribution in [-0.2, 0) is 10.3 Å². The Morgan fingerprint density at radius 3 is 2.19 bits per heavy atom. The minimum atomic E-state index is -0.989. The van der Waals surface area contributed by atoms with Crippen LogP contribution in [0.5, 0.6) is 0 Å². The van der Waals surface area contributed by atoms with Crippen molar-refractivity contribution in [2.45, 2.75) is 59.0 Å². The van der Waals surface area contributed by atoms with Gasteiger partial charge in [0.15, 0.2) is 0 Å². The van der Waals surface area contributed by atoms with Crippen molar-refractivity contribution in [3.05, 3.63) is 35.9 Å². The molecule has 0 aromatic heterocycles. The summed E-state index contributed by atoms with van der Waals surface area (Å²) in [6.45, 7) is 10.4. The van der Waals surface area contributed by atoms with Gasteiger partial charge in [-0.2, -0.15) is 0 Å². The third kappa shape index (κ3) is 6.49. The van der Waals surface area contributed by atoms with Gasteiger partial charge in [0.25, 0.3) is 0 Å². The van der Waals surface area contributed by atoms with Crippen molar-refractivity contribution in [2.24, 2.45) is 11.1 Å². The number of hydrogen-bond acceptors (Lipinski definition) is 2. The second-order valence-electron chi connectivity index (χ2n) is 7.04. The van der Waals surface area contributed by atoms with Crippen LogP contribution in [0.2, 0.25) is 0 Å². The Morgan fingerprint density at radius 2 is 1.71 bits per heavy atom. The number of nitrogens with one attached hydrogen (secondary N) is 1. The number of carbonyl (C=O) groups excluding carboxylic acids is 1. The highest BCUT2D eigenvalue weighted by Gasteiger charge is 2.31. The third-order valence-corrected chi connectivity index (χ3v) is 3.55. The maximum absolute atomic E-state index is 12.4. The zero-order valence-electron chi connectivity index (χ0n) is 13.8. The molecular weight excluding hydrogens is 284 g/mol. The summed E-state index contributed by atoms with van der Waals surface area (Å²) in [5.41, 5.74) is 6.33. The van der Waals surface area contributed by atoms with Gasteiger partial charge in [0.1, 0.15) is 5.54 Å². The summed E-state index contributed by atoms with van der Waals surface area (Å²) in [5, 5.41) is 3.03. The van der Waals surface area contributed by atoms with Crippen LogP contribution >= 0.6 is 12.4 Å². The van der Waals surface area contributed by atoms with E-state index in [-0.39, 0.29) is 29.8 Å². The first-order chi connectivity index (χ1) is 9.13. The van der Waals surface area contributed by atoms with E-state index in [1.54, 1.807) is 6.92 Å². The normalized spacial score (nSPS) is 15.5. The number of carbonyl (C=O) groups is 1. The first kappa shape index (κ1) is 19.9.